The highest BCUT2D eigenvalue weighted by atomic mass is 15.3. The van der Waals surface area contributed by atoms with E-state index in [1.165, 1.54) is 51.9 Å². The van der Waals surface area contributed by atoms with E-state index in [2.05, 4.69) is 30.6 Å². The van der Waals surface area contributed by atoms with Crippen molar-refractivity contribution in [1.82, 2.24) is 9.80 Å². The number of nitrogens with zero attached hydrogens (tertiary/aromatic N) is 2. The Kier molecular flexibility index (Phi) is 4.68. The average molecular weight is 253 g/mol. The number of hydrogen-bond acceptors (Lipinski definition) is 3. The van der Waals surface area contributed by atoms with E-state index in [-0.39, 0.29) is 0 Å². The van der Waals surface area contributed by atoms with Crippen molar-refractivity contribution in [1.29, 1.82) is 0 Å². The second kappa shape index (κ2) is 5.89. The van der Waals surface area contributed by atoms with E-state index >= 15 is 0 Å². The summed E-state index contributed by atoms with van der Waals surface area (Å²) in [5.74, 6) is 0. The molecule has 0 bridgehead atoms. The molecule has 0 radical (unpaired) electrons. The molecule has 2 aliphatic rings. The zero-order valence-corrected chi connectivity index (χ0v) is 12.5. The van der Waals surface area contributed by atoms with E-state index in [1.807, 2.05) is 0 Å². The summed E-state index contributed by atoms with van der Waals surface area (Å²) in [6.45, 7) is 12.9. The van der Waals surface area contributed by atoms with Gasteiger partial charge >= 0.3 is 0 Å². The van der Waals surface area contributed by atoms with Gasteiger partial charge in [-0.25, -0.2) is 0 Å². The summed E-state index contributed by atoms with van der Waals surface area (Å²) in [4.78, 5) is 5.35. The molecule has 2 N–H and O–H groups in total. The Morgan fingerprint density at radius 3 is 2.39 bits per heavy atom. The summed E-state index contributed by atoms with van der Waals surface area (Å²) in [5, 5.41) is 0. The monoisotopic (exact) mass is 253 g/mol. The van der Waals surface area contributed by atoms with Crippen LogP contribution in [0.2, 0.25) is 0 Å². The predicted molar refractivity (Wildman–Crippen MR) is 77.7 cm³/mol. The molecular weight excluding hydrogens is 222 g/mol. The molecule has 0 aromatic carbocycles. The van der Waals surface area contributed by atoms with Crippen LogP contribution in [-0.2, 0) is 0 Å². The molecule has 0 aromatic rings. The lowest BCUT2D eigenvalue weighted by Crippen LogP contribution is -2.43. The van der Waals surface area contributed by atoms with Gasteiger partial charge < -0.3 is 5.73 Å². The van der Waals surface area contributed by atoms with Crippen molar-refractivity contribution in [3.05, 3.63) is 0 Å². The van der Waals surface area contributed by atoms with Gasteiger partial charge in [0.05, 0.1) is 0 Å². The van der Waals surface area contributed by atoms with E-state index in [0.717, 1.165) is 12.6 Å². The van der Waals surface area contributed by atoms with Crippen LogP contribution in [0, 0.1) is 5.41 Å². The van der Waals surface area contributed by atoms with Crippen LogP contribution in [0.3, 0.4) is 0 Å². The van der Waals surface area contributed by atoms with Crippen LogP contribution in [-0.4, -0.2) is 54.6 Å². The first-order chi connectivity index (χ1) is 8.49. The van der Waals surface area contributed by atoms with Gasteiger partial charge in [-0.15, -0.1) is 0 Å². The van der Waals surface area contributed by atoms with Crippen molar-refractivity contribution in [3.63, 3.8) is 0 Å². The number of rotatable bonds is 4. The van der Waals surface area contributed by atoms with Gasteiger partial charge in [0.2, 0.25) is 0 Å². The highest BCUT2D eigenvalue weighted by molar-refractivity contribution is 4.90. The third-order valence-electron chi connectivity index (χ3n) is 4.49. The molecule has 2 fully saturated rings. The zero-order chi connectivity index (χ0) is 13.2. The highest BCUT2D eigenvalue weighted by Gasteiger charge is 2.33. The molecule has 2 saturated heterocycles. The normalized spacial score (nSPS) is 29.0. The summed E-state index contributed by atoms with van der Waals surface area (Å²) in [6.07, 6.45) is 5.37. The summed E-state index contributed by atoms with van der Waals surface area (Å²) in [7, 11) is 0. The van der Waals surface area contributed by atoms with Gasteiger partial charge in [-0.3, -0.25) is 9.80 Å². The van der Waals surface area contributed by atoms with Gasteiger partial charge in [0, 0.05) is 31.7 Å². The Balaban J connectivity index is 1.85. The second-order valence-electron chi connectivity index (χ2n) is 7.33. The lowest BCUT2D eigenvalue weighted by atomic mass is 9.87. The SMILES string of the molecule is CC(C)(C)CC(CN)N1CCC(N2CCCC2)C1. The highest BCUT2D eigenvalue weighted by Crippen LogP contribution is 2.27. The first kappa shape index (κ1) is 14.3. The Morgan fingerprint density at radius 1 is 1.17 bits per heavy atom. The van der Waals surface area contributed by atoms with Crippen molar-refractivity contribution in [2.24, 2.45) is 11.1 Å². The van der Waals surface area contributed by atoms with E-state index in [0.29, 0.717) is 11.5 Å². The quantitative estimate of drug-likeness (QED) is 0.831. The maximum Gasteiger partial charge on any atom is 0.0235 e. The molecule has 3 heteroatoms. The fourth-order valence-corrected chi connectivity index (χ4v) is 3.57. The van der Waals surface area contributed by atoms with Crippen LogP contribution in [0.25, 0.3) is 0 Å². The molecule has 18 heavy (non-hydrogen) atoms. The molecule has 3 nitrogen and oxygen atoms in total. The third-order valence-corrected chi connectivity index (χ3v) is 4.49. The first-order valence-electron chi connectivity index (χ1n) is 7.68. The van der Waals surface area contributed by atoms with Crippen LogP contribution in [0.15, 0.2) is 0 Å². The maximum atomic E-state index is 6.00. The van der Waals surface area contributed by atoms with Crippen molar-refractivity contribution in [2.75, 3.05) is 32.7 Å². The van der Waals surface area contributed by atoms with Crippen molar-refractivity contribution in [2.45, 2.75) is 58.5 Å². The lowest BCUT2D eigenvalue weighted by Gasteiger charge is -2.33. The molecule has 106 valence electrons. The topological polar surface area (TPSA) is 32.5 Å². The molecule has 2 aliphatic heterocycles. The van der Waals surface area contributed by atoms with Crippen LogP contribution in [0.1, 0.15) is 46.5 Å². The van der Waals surface area contributed by atoms with Crippen molar-refractivity contribution >= 4 is 0 Å². The summed E-state index contributed by atoms with van der Waals surface area (Å²) in [6, 6.07) is 1.39. The van der Waals surface area contributed by atoms with Crippen LogP contribution in [0.5, 0.6) is 0 Å². The summed E-state index contributed by atoms with van der Waals surface area (Å²) < 4.78 is 0. The molecule has 0 saturated carbocycles. The zero-order valence-electron chi connectivity index (χ0n) is 12.5. The fourth-order valence-electron chi connectivity index (χ4n) is 3.57. The van der Waals surface area contributed by atoms with Gasteiger partial charge in [0.25, 0.3) is 0 Å². The van der Waals surface area contributed by atoms with Crippen LogP contribution in [0.4, 0.5) is 0 Å². The van der Waals surface area contributed by atoms with E-state index in [9.17, 15) is 0 Å². The van der Waals surface area contributed by atoms with Gasteiger partial charge in [0.15, 0.2) is 0 Å². The second-order valence-corrected chi connectivity index (χ2v) is 7.33. The minimum Gasteiger partial charge on any atom is -0.329 e. The van der Waals surface area contributed by atoms with Gasteiger partial charge in [-0.2, -0.15) is 0 Å². The molecule has 2 unspecified atom stereocenters. The molecule has 0 amide bonds. The van der Waals surface area contributed by atoms with Crippen LogP contribution < -0.4 is 5.73 Å². The van der Waals surface area contributed by atoms with E-state index in [4.69, 9.17) is 5.73 Å². The molecule has 0 aromatic heterocycles. The van der Waals surface area contributed by atoms with Crippen molar-refractivity contribution < 1.29 is 0 Å². The molecule has 2 heterocycles. The Labute approximate surface area is 113 Å². The maximum absolute atomic E-state index is 6.00. The fraction of sp³-hybridized carbons (Fsp3) is 1.00. The molecular formula is C15H31N3. The first-order valence-corrected chi connectivity index (χ1v) is 7.68. The number of likely N-dealkylation sites (tertiary alicyclic amines) is 2. The van der Waals surface area contributed by atoms with Gasteiger partial charge in [-0.1, -0.05) is 20.8 Å². The Morgan fingerprint density at radius 2 is 1.83 bits per heavy atom. The van der Waals surface area contributed by atoms with Crippen LogP contribution >= 0.6 is 0 Å². The number of hydrogen-bond donors (Lipinski definition) is 1. The standard InChI is InChI=1S/C15H31N3/c1-15(2,3)10-14(11-16)18-9-6-13(12-18)17-7-4-5-8-17/h13-14H,4-12,16H2,1-3H3. The smallest absolute Gasteiger partial charge is 0.0235 e. The molecule has 2 rings (SSSR count). The largest absolute Gasteiger partial charge is 0.329 e. The van der Waals surface area contributed by atoms with E-state index in [1.54, 1.807) is 0 Å². The molecule has 0 aliphatic carbocycles. The molecule has 2 atom stereocenters. The Hall–Kier alpha value is -0.120. The van der Waals surface area contributed by atoms with E-state index < -0.39 is 0 Å². The summed E-state index contributed by atoms with van der Waals surface area (Å²) in [5.41, 5.74) is 6.39. The molecule has 0 spiro atoms. The average Bonchev–Trinajstić information content (AvgIpc) is 2.94. The minimum absolute atomic E-state index is 0.385. The van der Waals surface area contributed by atoms with Gasteiger partial charge in [0.1, 0.15) is 0 Å². The van der Waals surface area contributed by atoms with Gasteiger partial charge in [-0.05, 0) is 44.2 Å². The third kappa shape index (κ3) is 3.69. The lowest BCUT2D eigenvalue weighted by molar-refractivity contribution is 0.164. The minimum atomic E-state index is 0.385. The Bertz CT molecular complexity index is 253. The van der Waals surface area contributed by atoms with Crippen molar-refractivity contribution in [3.8, 4) is 0 Å². The summed E-state index contributed by atoms with van der Waals surface area (Å²) >= 11 is 0. The number of nitrogens with two attached hydrogens (primary N) is 1. The predicted octanol–water partition coefficient (Wildman–Crippen LogP) is 1.92.